The maximum absolute atomic E-state index is 13.3. The molecule has 0 spiro atoms. The second kappa shape index (κ2) is 14.1. The number of hydrogen-bond donors (Lipinski definition) is 5. The number of phenolic OH excluding ortho intramolecular Hbond substituents is 1. The number of carbonyl (C=O) groups is 3. The molecule has 0 fully saturated rings. The third kappa shape index (κ3) is 9.03. The standard InChI is InChI=1S/C26H37N5O4/c1-3-31(2)23(17-19-11-13-20(32)14-12-19)26(35)29-21(10-7-15-27)25(34)30-22(24(28)33)16-18-8-5-4-6-9-18/h4-6,8-9,11-14,21-23,32H,3,7,10,15-17,27H2,1-2H3,(H2,28,33)(H,29,35)(H,30,34). The van der Waals surface area contributed by atoms with E-state index in [0.717, 1.165) is 11.1 Å². The highest BCUT2D eigenvalue weighted by Crippen LogP contribution is 2.14. The number of aromatic hydroxyl groups is 1. The Bertz CT molecular complexity index is 952. The number of rotatable bonds is 14. The fraction of sp³-hybridized carbons (Fsp3) is 0.423. The number of nitrogens with two attached hydrogens (primary N) is 2. The maximum atomic E-state index is 13.3. The van der Waals surface area contributed by atoms with Gasteiger partial charge in [0.15, 0.2) is 0 Å². The van der Waals surface area contributed by atoms with E-state index in [-0.39, 0.29) is 18.1 Å². The average molecular weight is 484 g/mol. The van der Waals surface area contributed by atoms with Crippen LogP contribution in [0.25, 0.3) is 0 Å². The fourth-order valence-corrected chi connectivity index (χ4v) is 3.73. The highest BCUT2D eigenvalue weighted by molar-refractivity contribution is 5.92. The maximum Gasteiger partial charge on any atom is 0.243 e. The van der Waals surface area contributed by atoms with Crippen molar-refractivity contribution < 1.29 is 19.5 Å². The van der Waals surface area contributed by atoms with Gasteiger partial charge in [0.05, 0.1) is 6.04 Å². The zero-order valence-electron chi connectivity index (χ0n) is 20.4. The van der Waals surface area contributed by atoms with Gasteiger partial charge in [0.25, 0.3) is 0 Å². The summed E-state index contributed by atoms with van der Waals surface area (Å²) in [5.41, 5.74) is 12.9. The van der Waals surface area contributed by atoms with Crippen molar-refractivity contribution in [1.82, 2.24) is 15.5 Å². The summed E-state index contributed by atoms with van der Waals surface area (Å²) in [6.07, 6.45) is 1.50. The van der Waals surface area contributed by atoms with Crippen molar-refractivity contribution in [3.05, 3.63) is 65.7 Å². The monoisotopic (exact) mass is 483 g/mol. The van der Waals surface area contributed by atoms with E-state index < -0.39 is 29.9 Å². The first-order valence-corrected chi connectivity index (χ1v) is 11.9. The van der Waals surface area contributed by atoms with Crippen LogP contribution in [0.15, 0.2) is 54.6 Å². The quantitative estimate of drug-likeness (QED) is 0.267. The minimum Gasteiger partial charge on any atom is -0.508 e. The summed E-state index contributed by atoms with van der Waals surface area (Å²) >= 11 is 0. The van der Waals surface area contributed by atoms with Crippen molar-refractivity contribution in [2.75, 3.05) is 20.1 Å². The lowest BCUT2D eigenvalue weighted by molar-refractivity contribution is -0.133. The molecular weight excluding hydrogens is 446 g/mol. The van der Waals surface area contributed by atoms with Crippen LogP contribution in [0.2, 0.25) is 0 Å². The van der Waals surface area contributed by atoms with Crippen molar-refractivity contribution in [3.63, 3.8) is 0 Å². The molecule has 0 aliphatic rings. The minimum atomic E-state index is -0.909. The van der Waals surface area contributed by atoms with E-state index in [4.69, 9.17) is 11.5 Å². The van der Waals surface area contributed by atoms with Crippen LogP contribution in [0, 0.1) is 0 Å². The Balaban J connectivity index is 2.15. The normalized spacial score (nSPS) is 13.6. The Morgan fingerprint density at radius 1 is 0.914 bits per heavy atom. The molecule has 2 aromatic rings. The highest BCUT2D eigenvalue weighted by Gasteiger charge is 2.29. The van der Waals surface area contributed by atoms with Gasteiger partial charge in [0, 0.05) is 6.42 Å². The lowest BCUT2D eigenvalue weighted by Gasteiger charge is -2.29. The molecule has 190 valence electrons. The Morgan fingerprint density at radius 2 is 1.51 bits per heavy atom. The molecule has 0 aliphatic heterocycles. The SMILES string of the molecule is CCN(C)C(Cc1ccc(O)cc1)C(=O)NC(CCCN)C(=O)NC(Cc1ccccc1)C(N)=O. The summed E-state index contributed by atoms with van der Waals surface area (Å²) in [6.45, 7) is 2.92. The largest absolute Gasteiger partial charge is 0.508 e. The predicted molar refractivity (Wildman–Crippen MR) is 135 cm³/mol. The molecule has 0 saturated carbocycles. The van der Waals surface area contributed by atoms with E-state index >= 15 is 0 Å². The lowest BCUT2D eigenvalue weighted by Crippen LogP contribution is -2.56. The number of likely N-dealkylation sites (N-methyl/N-ethyl adjacent to an activating group) is 1. The third-order valence-electron chi connectivity index (χ3n) is 5.97. The van der Waals surface area contributed by atoms with Crippen molar-refractivity contribution in [2.24, 2.45) is 11.5 Å². The Labute approximate surface area is 206 Å². The summed E-state index contributed by atoms with van der Waals surface area (Å²) in [7, 11) is 1.84. The molecule has 0 aromatic heterocycles. The van der Waals surface area contributed by atoms with Crippen molar-refractivity contribution in [3.8, 4) is 5.75 Å². The van der Waals surface area contributed by atoms with Gasteiger partial charge >= 0.3 is 0 Å². The number of phenols is 1. The number of nitrogens with zero attached hydrogens (tertiary/aromatic N) is 1. The molecule has 35 heavy (non-hydrogen) atoms. The molecule has 0 radical (unpaired) electrons. The van der Waals surface area contributed by atoms with Gasteiger partial charge in [0.2, 0.25) is 17.7 Å². The number of hydrogen-bond acceptors (Lipinski definition) is 6. The molecule has 3 atom stereocenters. The van der Waals surface area contributed by atoms with E-state index in [9.17, 15) is 19.5 Å². The highest BCUT2D eigenvalue weighted by atomic mass is 16.3. The topological polar surface area (TPSA) is 151 Å². The zero-order valence-corrected chi connectivity index (χ0v) is 20.4. The summed E-state index contributed by atoms with van der Waals surface area (Å²) in [5, 5.41) is 15.1. The van der Waals surface area contributed by atoms with Crippen LogP contribution in [-0.2, 0) is 27.2 Å². The molecule has 3 unspecified atom stereocenters. The summed E-state index contributed by atoms with van der Waals surface area (Å²) in [6, 6.07) is 13.6. The second-order valence-corrected chi connectivity index (χ2v) is 8.60. The van der Waals surface area contributed by atoms with E-state index in [1.54, 1.807) is 24.3 Å². The second-order valence-electron chi connectivity index (χ2n) is 8.60. The van der Waals surface area contributed by atoms with Crippen LogP contribution < -0.4 is 22.1 Å². The first-order valence-electron chi connectivity index (χ1n) is 11.9. The van der Waals surface area contributed by atoms with Crippen molar-refractivity contribution in [1.29, 1.82) is 0 Å². The third-order valence-corrected chi connectivity index (χ3v) is 5.97. The van der Waals surface area contributed by atoms with Gasteiger partial charge in [-0.3, -0.25) is 19.3 Å². The molecule has 9 nitrogen and oxygen atoms in total. The van der Waals surface area contributed by atoms with Gasteiger partial charge in [-0.15, -0.1) is 0 Å². The number of amides is 3. The number of carbonyl (C=O) groups excluding carboxylic acids is 3. The van der Waals surface area contributed by atoms with Crippen LogP contribution in [0.4, 0.5) is 0 Å². The Kier molecular flexibility index (Phi) is 11.2. The fourth-order valence-electron chi connectivity index (χ4n) is 3.73. The lowest BCUT2D eigenvalue weighted by atomic mass is 10.0. The van der Waals surface area contributed by atoms with Gasteiger partial charge in [-0.25, -0.2) is 0 Å². The predicted octanol–water partition coefficient (Wildman–Crippen LogP) is 0.692. The number of benzene rings is 2. The van der Waals surface area contributed by atoms with E-state index in [2.05, 4.69) is 10.6 Å². The van der Waals surface area contributed by atoms with E-state index in [0.29, 0.717) is 32.4 Å². The van der Waals surface area contributed by atoms with Gasteiger partial charge in [-0.05, 0) is 62.7 Å². The van der Waals surface area contributed by atoms with Crippen LogP contribution >= 0.6 is 0 Å². The van der Waals surface area contributed by atoms with E-state index in [1.807, 2.05) is 49.2 Å². The summed E-state index contributed by atoms with van der Waals surface area (Å²) in [5.74, 6) is -1.29. The molecule has 2 rings (SSSR count). The first kappa shape index (κ1) is 27.8. The smallest absolute Gasteiger partial charge is 0.243 e. The molecule has 0 heterocycles. The van der Waals surface area contributed by atoms with Crippen LogP contribution in [0.5, 0.6) is 5.75 Å². The van der Waals surface area contributed by atoms with Crippen LogP contribution in [0.3, 0.4) is 0 Å². The molecule has 3 amide bonds. The van der Waals surface area contributed by atoms with Gasteiger partial charge < -0.3 is 27.2 Å². The molecule has 9 heteroatoms. The van der Waals surface area contributed by atoms with Gasteiger partial charge in [-0.2, -0.15) is 0 Å². The van der Waals surface area contributed by atoms with Gasteiger partial charge in [0.1, 0.15) is 17.8 Å². The number of nitrogens with one attached hydrogen (secondary N) is 2. The molecule has 0 saturated heterocycles. The van der Waals surface area contributed by atoms with Crippen molar-refractivity contribution >= 4 is 17.7 Å². The van der Waals surface area contributed by atoms with Gasteiger partial charge in [-0.1, -0.05) is 49.4 Å². The minimum absolute atomic E-state index is 0.150. The van der Waals surface area contributed by atoms with Crippen LogP contribution in [0.1, 0.15) is 30.9 Å². The molecular formula is C26H37N5O4. The van der Waals surface area contributed by atoms with Crippen molar-refractivity contribution in [2.45, 2.75) is 50.7 Å². The number of primary amides is 1. The first-order chi connectivity index (χ1) is 16.7. The Hall–Kier alpha value is -3.43. The zero-order chi connectivity index (χ0) is 25.8. The molecule has 2 aromatic carbocycles. The summed E-state index contributed by atoms with van der Waals surface area (Å²) in [4.78, 5) is 40.4. The average Bonchev–Trinajstić information content (AvgIpc) is 2.85. The molecule has 7 N–H and O–H groups in total. The molecule has 0 aliphatic carbocycles. The van der Waals surface area contributed by atoms with Crippen LogP contribution in [-0.4, -0.2) is 66.0 Å². The molecule has 0 bridgehead atoms. The van der Waals surface area contributed by atoms with E-state index in [1.165, 1.54) is 0 Å². The Morgan fingerprint density at radius 3 is 2.09 bits per heavy atom. The summed E-state index contributed by atoms with van der Waals surface area (Å²) < 4.78 is 0.